The first-order valence-electron chi connectivity index (χ1n) is 4.07. The van der Waals surface area contributed by atoms with E-state index in [4.69, 9.17) is 11.5 Å². The highest BCUT2D eigenvalue weighted by Gasteiger charge is 2.52. The van der Waals surface area contributed by atoms with Crippen molar-refractivity contribution < 1.29 is 4.79 Å². The lowest BCUT2D eigenvalue weighted by atomic mass is 9.81. The van der Waals surface area contributed by atoms with Crippen molar-refractivity contribution in [2.24, 2.45) is 17.4 Å². The molecule has 2 fully saturated rings. The summed E-state index contributed by atoms with van der Waals surface area (Å²) in [6.07, 6.45) is 4.06. The molecule has 2 saturated carbocycles. The van der Waals surface area contributed by atoms with Crippen LogP contribution in [0.2, 0.25) is 0 Å². The minimum absolute atomic E-state index is 0.338. The highest BCUT2D eigenvalue weighted by molar-refractivity contribution is 5.88. The van der Waals surface area contributed by atoms with Gasteiger partial charge in [-0.15, -0.1) is 0 Å². The third-order valence-electron chi connectivity index (χ3n) is 3.07. The van der Waals surface area contributed by atoms with Crippen LogP contribution in [0.25, 0.3) is 0 Å². The molecule has 1 amide bonds. The first-order valence-corrected chi connectivity index (χ1v) is 4.07. The summed E-state index contributed by atoms with van der Waals surface area (Å²) in [5, 5.41) is 0. The maximum atomic E-state index is 11.0. The standard InChI is InChI=1S/C8H13N2O/c9-7(11)8(10)4-5-1-2-6(8)3-5/h5H,1-4,10H2,(H2,9,11). The Labute approximate surface area is 66.1 Å². The average Bonchev–Trinajstić information content (AvgIpc) is 2.45. The van der Waals surface area contributed by atoms with Crippen molar-refractivity contribution in [3.05, 3.63) is 5.92 Å². The number of amides is 1. The third kappa shape index (κ3) is 0.805. The number of carbonyl (C=O) groups is 1. The Kier molecular flexibility index (Phi) is 1.27. The summed E-state index contributed by atoms with van der Waals surface area (Å²) >= 11 is 0. The van der Waals surface area contributed by atoms with Gasteiger partial charge in [0.1, 0.15) is 5.54 Å². The summed E-state index contributed by atoms with van der Waals surface area (Å²) in [5.74, 6) is 1.49. The lowest BCUT2D eigenvalue weighted by molar-refractivity contribution is -0.122. The van der Waals surface area contributed by atoms with E-state index in [9.17, 15) is 4.79 Å². The second-order valence-corrected chi connectivity index (χ2v) is 3.75. The molecule has 0 aromatic carbocycles. The van der Waals surface area contributed by atoms with Crippen molar-refractivity contribution in [3.8, 4) is 0 Å². The highest BCUT2D eigenvalue weighted by Crippen LogP contribution is 2.50. The molecule has 2 aliphatic carbocycles. The molecule has 0 aliphatic heterocycles. The normalized spacial score (nSPS) is 43.2. The first-order chi connectivity index (χ1) is 5.13. The van der Waals surface area contributed by atoms with Gasteiger partial charge in [-0.25, -0.2) is 0 Å². The van der Waals surface area contributed by atoms with Crippen LogP contribution in [0.15, 0.2) is 0 Å². The molecule has 4 N–H and O–H groups in total. The zero-order valence-corrected chi connectivity index (χ0v) is 6.47. The fourth-order valence-corrected chi connectivity index (χ4v) is 2.38. The lowest BCUT2D eigenvalue weighted by Gasteiger charge is -2.29. The van der Waals surface area contributed by atoms with Crippen molar-refractivity contribution in [2.45, 2.75) is 31.2 Å². The second-order valence-electron chi connectivity index (χ2n) is 3.75. The van der Waals surface area contributed by atoms with Gasteiger partial charge in [-0.1, -0.05) is 0 Å². The number of hydrogen-bond acceptors (Lipinski definition) is 2. The van der Waals surface area contributed by atoms with Gasteiger partial charge in [-0.05, 0) is 31.6 Å². The minimum atomic E-state index is -0.733. The van der Waals surface area contributed by atoms with Crippen LogP contribution in [0.3, 0.4) is 0 Å². The molecule has 3 heteroatoms. The van der Waals surface area contributed by atoms with Crippen molar-refractivity contribution >= 4 is 5.91 Å². The molecule has 3 nitrogen and oxygen atoms in total. The fourth-order valence-electron chi connectivity index (χ4n) is 2.38. The Bertz CT molecular complexity index is 204. The van der Waals surface area contributed by atoms with Gasteiger partial charge in [0.15, 0.2) is 0 Å². The van der Waals surface area contributed by atoms with E-state index in [1.54, 1.807) is 0 Å². The van der Waals surface area contributed by atoms with Gasteiger partial charge in [-0.3, -0.25) is 4.79 Å². The molecule has 0 aromatic rings. The molecule has 2 atom stereocenters. The Morgan fingerprint density at radius 3 is 2.64 bits per heavy atom. The highest BCUT2D eigenvalue weighted by atomic mass is 16.1. The minimum Gasteiger partial charge on any atom is -0.368 e. The van der Waals surface area contributed by atoms with Gasteiger partial charge in [-0.2, -0.15) is 0 Å². The van der Waals surface area contributed by atoms with E-state index in [1.807, 2.05) is 0 Å². The van der Waals surface area contributed by atoms with Gasteiger partial charge in [0.2, 0.25) is 5.91 Å². The van der Waals surface area contributed by atoms with Crippen molar-refractivity contribution in [1.29, 1.82) is 0 Å². The molecule has 2 bridgehead atoms. The Balaban J connectivity index is 2.23. The second kappa shape index (κ2) is 1.97. The average molecular weight is 153 g/mol. The SMILES string of the molecule is NC(=O)C1(N)CC2CC[C]1C2. The predicted octanol–water partition coefficient (Wildman–Crippen LogP) is -0.0525. The predicted molar refractivity (Wildman–Crippen MR) is 41.3 cm³/mol. The summed E-state index contributed by atoms with van der Waals surface area (Å²) in [6.45, 7) is 0. The molecule has 1 radical (unpaired) electrons. The molecular formula is C8H13N2O. The van der Waals surface area contributed by atoms with Crippen LogP contribution >= 0.6 is 0 Å². The van der Waals surface area contributed by atoms with Gasteiger partial charge < -0.3 is 11.5 Å². The monoisotopic (exact) mass is 153 g/mol. The number of primary amides is 1. The Morgan fingerprint density at radius 1 is 1.64 bits per heavy atom. The zero-order valence-electron chi connectivity index (χ0n) is 6.47. The molecule has 2 rings (SSSR count). The van der Waals surface area contributed by atoms with Gasteiger partial charge in [0.25, 0.3) is 0 Å². The number of carbonyl (C=O) groups excluding carboxylic acids is 1. The Morgan fingerprint density at radius 2 is 2.36 bits per heavy atom. The molecule has 0 saturated heterocycles. The van der Waals surface area contributed by atoms with Crippen molar-refractivity contribution in [2.75, 3.05) is 0 Å². The number of nitrogens with two attached hydrogens (primary N) is 2. The summed E-state index contributed by atoms with van der Waals surface area (Å²) < 4.78 is 0. The van der Waals surface area contributed by atoms with Crippen molar-refractivity contribution in [3.63, 3.8) is 0 Å². The number of hydrogen-bond donors (Lipinski definition) is 2. The van der Waals surface area contributed by atoms with Crippen LogP contribution < -0.4 is 11.5 Å². The van der Waals surface area contributed by atoms with E-state index in [0.29, 0.717) is 5.92 Å². The van der Waals surface area contributed by atoms with E-state index in [0.717, 1.165) is 19.3 Å². The number of fused-ring (bicyclic) bond motifs is 2. The maximum Gasteiger partial charge on any atom is 0.238 e. The third-order valence-corrected chi connectivity index (χ3v) is 3.07. The van der Waals surface area contributed by atoms with Crippen LogP contribution in [0, 0.1) is 11.8 Å². The van der Waals surface area contributed by atoms with Crippen LogP contribution in [0.4, 0.5) is 0 Å². The van der Waals surface area contributed by atoms with Crippen LogP contribution in [-0.4, -0.2) is 11.4 Å². The molecule has 0 heterocycles. The maximum absolute atomic E-state index is 11.0. The van der Waals surface area contributed by atoms with Gasteiger partial charge >= 0.3 is 0 Å². The van der Waals surface area contributed by atoms with E-state index >= 15 is 0 Å². The van der Waals surface area contributed by atoms with Gasteiger partial charge in [0, 0.05) is 5.92 Å². The molecular weight excluding hydrogens is 140 g/mol. The lowest BCUT2D eigenvalue weighted by Crippen LogP contribution is -2.54. The van der Waals surface area contributed by atoms with Gasteiger partial charge in [0.05, 0.1) is 0 Å². The summed E-state index contributed by atoms with van der Waals surface area (Å²) in [5.41, 5.74) is 10.4. The van der Waals surface area contributed by atoms with Crippen LogP contribution in [0.5, 0.6) is 0 Å². The van der Waals surface area contributed by atoms with E-state index in [1.165, 1.54) is 12.3 Å². The summed E-state index contributed by atoms with van der Waals surface area (Å²) in [6, 6.07) is 0. The first kappa shape index (κ1) is 7.10. The Hall–Kier alpha value is -0.570. The molecule has 2 aliphatic rings. The quantitative estimate of drug-likeness (QED) is 0.554. The van der Waals surface area contributed by atoms with Crippen molar-refractivity contribution in [1.82, 2.24) is 0 Å². The van der Waals surface area contributed by atoms with E-state index < -0.39 is 5.54 Å². The van der Waals surface area contributed by atoms with E-state index in [-0.39, 0.29) is 5.91 Å². The molecule has 2 unspecified atom stereocenters. The van der Waals surface area contributed by atoms with E-state index in [2.05, 4.69) is 0 Å². The molecule has 11 heavy (non-hydrogen) atoms. The fraction of sp³-hybridized carbons (Fsp3) is 0.750. The number of rotatable bonds is 1. The summed E-state index contributed by atoms with van der Waals surface area (Å²) in [4.78, 5) is 11.0. The van der Waals surface area contributed by atoms with Crippen LogP contribution in [0.1, 0.15) is 25.7 Å². The largest absolute Gasteiger partial charge is 0.368 e. The molecule has 61 valence electrons. The topological polar surface area (TPSA) is 69.1 Å². The molecule has 0 aromatic heterocycles. The summed E-state index contributed by atoms with van der Waals surface area (Å²) in [7, 11) is 0. The van der Waals surface area contributed by atoms with Crippen LogP contribution in [-0.2, 0) is 4.79 Å². The smallest absolute Gasteiger partial charge is 0.238 e. The zero-order chi connectivity index (χ0) is 8.06. The molecule has 0 spiro atoms.